The van der Waals surface area contributed by atoms with Crippen molar-refractivity contribution in [3.8, 4) is 0 Å². The van der Waals surface area contributed by atoms with E-state index in [0.29, 0.717) is 5.41 Å². The summed E-state index contributed by atoms with van der Waals surface area (Å²) in [7, 11) is 0. The monoisotopic (exact) mass is 289 g/mol. The van der Waals surface area contributed by atoms with E-state index in [0.717, 1.165) is 22.8 Å². The summed E-state index contributed by atoms with van der Waals surface area (Å²) in [5.74, 6) is 3.04. The lowest BCUT2D eigenvalue weighted by molar-refractivity contribution is -0.0605. The van der Waals surface area contributed by atoms with Gasteiger partial charge >= 0.3 is 0 Å². The van der Waals surface area contributed by atoms with E-state index in [9.17, 15) is 0 Å². The number of rotatable bonds is 3. The van der Waals surface area contributed by atoms with Gasteiger partial charge in [0.05, 0.1) is 0 Å². The first-order valence-electron chi connectivity index (χ1n) is 8.13. The predicted molar refractivity (Wildman–Crippen MR) is 83.6 cm³/mol. The van der Waals surface area contributed by atoms with Gasteiger partial charge in [0.25, 0.3) is 0 Å². The molecule has 0 aliphatic heterocycles. The van der Waals surface area contributed by atoms with E-state index in [2.05, 4.69) is 12.1 Å². The smallest absolute Gasteiger partial charge is 0.0406 e. The summed E-state index contributed by atoms with van der Waals surface area (Å²) in [6.07, 6.45) is 10.0. The molecule has 0 radical (unpaired) electrons. The lowest BCUT2D eigenvalue weighted by Crippen LogP contribution is -2.47. The molecular formula is C18H24ClN. The van der Waals surface area contributed by atoms with Crippen molar-refractivity contribution >= 4 is 11.6 Å². The van der Waals surface area contributed by atoms with Gasteiger partial charge in [0.1, 0.15) is 0 Å². The molecule has 1 atom stereocenters. The van der Waals surface area contributed by atoms with E-state index in [-0.39, 0.29) is 6.04 Å². The number of hydrogen-bond acceptors (Lipinski definition) is 1. The molecule has 4 fully saturated rings. The van der Waals surface area contributed by atoms with Crippen LogP contribution in [0.2, 0.25) is 5.02 Å². The van der Waals surface area contributed by atoms with Crippen LogP contribution >= 0.6 is 11.6 Å². The van der Waals surface area contributed by atoms with Crippen LogP contribution in [0.15, 0.2) is 24.3 Å². The Morgan fingerprint density at radius 3 is 2.00 bits per heavy atom. The first-order chi connectivity index (χ1) is 9.62. The summed E-state index contributed by atoms with van der Waals surface area (Å²) in [6, 6.07) is 8.33. The van der Waals surface area contributed by atoms with Gasteiger partial charge in [-0.15, -0.1) is 0 Å². The molecule has 4 aliphatic rings. The van der Waals surface area contributed by atoms with E-state index >= 15 is 0 Å². The molecule has 1 aromatic rings. The Hall–Kier alpha value is -0.530. The van der Waals surface area contributed by atoms with Gasteiger partial charge < -0.3 is 5.73 Å². The van der Waals surface area contributed by atoms with Gasteiger partial charge in [-0.2, -0.15) is 0 Å². The van der Waals surface area contributed by atoms with E-state index in [4.69, 9.17) is 17.3 Å². The number of halogens is 1. The van der Waals surface area contributed by atoms with Crippen LogP contribution in [0.1, 0.15) is 56.6 Å². The molecule has 2 heteroatoms. The van der Waals surface area contributed by atoms with Crippen LogP contribution in [0.3, 0.4) is 0 Å². The zero-order valence-electron chi connectivity index (χ0n) is 12.0. The molecule has 1 nitrogen and oxygen atoms in total. The Labute approximate surface area is 126 Å². The molecule has 4 saturated carbocycles. The largest absolute Gasteiger partial charge is 0.324 e. The fraction of sp³-hybridized carbons (Fsp3) is 0.667. The fourth-order valence-corrected chi connectivity index (χ4v) is 5.96. The van der Waals surface area contributed by atoms with Crippen molar-refractivity contribution in [3.05, 3.63) is 34.9 Å². The van der Waals surface area contributed by atoms with Gasteiger partial charge in [0.15, 0.2) is 0 Å². The summed E-state index contributed by atoms with van der Waals surface area (Å²) in [4.78, 5) is 0. The second-order valence-electron chi connectivity index (χ2n) is 7.78. The van der Waals surface area contributed by atoms with Crippen LogP contribution in [0, 0.1) is 23.2 Å². The molecule has 4 aliphatic carbocycles. The van der Waals surface area contributed by atoms with Crippen molar-refractivity contribution < 1.29 is 0 Å². The summed E-state index contributed by atoms with van der Waals surface area (Å²) in [5.41, 5.74) is 8.34. The van der Waals surface area contributed by atoms with Crippen LogP contribution in [0.4, 0.5) is 0 Å². The average molecular weight is 290 g/mol. The molecule has 5 rings (SSSR count). The number of hydrogen-bond donors (Lipinski definition) is 1. The molecule has 108 valence electrons. The minimum atomic E-state index is 0.184. The second-order valence-corrected chi connectivity index (χ2v) is 8.22. The molecule has 0 amide bonds. The molecule has 1 aromatic carbocycles. The molecule has 1 unspecified atom stereocenters. The van der Waals surface area contributed by atoms with Gasteiger partial charge in [0, 0.05) is 11.1 Å². The Balaban J connectivity index is 1.52. The summed E-state index contributed by atoms with van der Waals surface area (Å²) >= 11 is 5.98. The summed E-state index contributed by atoms with van der Waals surface area (Å²) in [6.45, 7) is 0. The van der Waals surface area contributed by atoms with Crippen LogP contribution < -0.4 is 5.73 Å². The number of nitrogens with two attached hydrogens (primary N) is 1. The van der Waals surface area contributed by atoms with Gasteiger partial charge in [0.2, 0.25) is 0 Å². The SMILES string of the molecule is NC(CC12CC3CC(CC(C3)C1)C2)c1ccc(Cl)cc1. The van der Waals surface area contributed by atoms with E-state index in [1.54, 1.807) is 0 Å². The van der Waals surface area contributed by atoms with Crippen molar-refractivity contribution in [1.82, 2.24) is 0 Å². The highest BCUT2D eigenvalue weighted by Crippen LogP contribution is 2.62. The molecule has 2 N–H and O–H groups in total. The Bertz CT molecular complexity index is 457. The molecule has 0 heterocycles. The van der Waals surface area contributed by atoms with Crippen LogP contribution in [-0.4, -0.2) is 0 Å². The van der Waals surface area contributed by atoms with Crippen LogP contribution in [0.25, 0.3) is 0 Å². The number of benzene rings is 1. The first kappa shape index (κ1) is 13.2. The standard InChI is InChI=1S/C18H24ClN/c19-16-3-1-15(2-4-16)17(20)11-18-8-12-5-13(9-18)7-14(6-12)10-18/h1-4,12-14,17H,5-11,20H2. The normalized spacial score (nSPS) is 40.0. The maximum Gasteiger partial charge on any atom is 0.0406 e. The van der Waals surface area contributed by atoms with Gasteiger partial charge in [-0.05, 0) is 85.8 Å². The highest BCUT2D eigenvalue weighted by atomic mass is 35.5. The summed E-state index contributed by atoms with van der Waals surface area (Å²) in [5, 5.41) is 0.802. The third-order valence-electron chi connectivity index (χ3n) is 6.12. The Kier molecular flexibility index (Phi) is 3.12. The molecule has 0 saturated heterocycles. The molecule has 4 bridgehead atoms. The highest BCUT2D eigenvalue weighted by Gasteiger charge is 2.51. The van der Waals surface area contributed by atoms with E-state index in [1.165, 1.54) is 50.5 Å². The second kappa shape index (κ2) is 4.74. The third-order valence-corrected chi connectivity index (χ3v) is 6.37. The molecule has 0 aromatic heterocycles. The highest BCUT2D eigenvalue weighted by molar-refractivity contribution is 6.30. The van der Waals surface area contributed by atoms with Crippen molar-refractivity contribution in [1.29, 1.82) is 0 Å². The average Bonchev–Trinajstić information content (AvgIpc) is 2.37. The minimum absolute atomic E-state index is 0.184. The zero-order valence-corrected chi connectivity index (χ0v) is 12.8. The Morgan fingerprint density at radius 1 is 1.00 bits per heavy atom. The Morgan fingerprint density at radius 2 is 1.50 bits per heavy atom. The molecule has 20 heavy (non-hydrogen) atoms. The summed E-state index contributed by atoms with van der Waals surface area (Å²) < 4.78 is 0. The van der Waals surface area contributed by atoms with E-state index < -0.39 is 0 Å². The quantitative estimate of drug-likeness (QED) is 0.837. The molecular weight excluding hydrogens is 266 g/mol. The van der Waals surface area contributed by atoms with Crippen LogP contribution in [0.5, 0.6) is 0 Å². The van der Waals surface area contributed by atoms with Gasteiger partial charge in [-0.25, -0.2) is 0 Å². The van der Waals surface area contributed by atoms with Gasteiger partial charge in [-0.1, -0.05) is 23.7 Å². The van der Waals surface area contributed by atoms with Crippen LogP contribution in [-0.2, 0) is 0 Å². The lowest BCUT2D eigenvalue weighted by atomic mass is 9.48. The maximum atomic E-state index is 6.52. The van der Waals surface area contributed by atoms with E-state index in [1.807, 2.05) is 12.1 Å². The van der Waals surface area contributed by atoms with Crippen molar-refractivity contribution in [2.45, 2.75) is 51.0 Å². The van der Waals surface area contributed by atoms with Gasteiger partial charge in [-0.3, -0.25) is 0 Å². The predicted octanol–water partition coefficient (Wildman–Crippen LogP) is 4.95. The van der Waals surface area contributed by atoms with Crippen molar-refractivity contribution in [3.63, 3.8) is 0 Å². The third kappa shape index (κ3) is 2.29. The van der Waals surface area contributed by atoms with Crippen molar-refractivity contribution in [2.24, 2.45) is 28.9 Å². The van der Waals surface area contributed by atoms with Crippen molar-refractivity contribution in [2.75, 3.05) is 0 Å². The fourth-order valence-electron chi connectivity index (χ4n) is 5.83. The lowest BCUT2D eigenvalue weighted by Gasteiger charge is -2.57. The first-order valence-corrected chi connectivity index (χ1v) is 8.51. The maximum absolute atomic E-state index is 6.52. The minimum Gasteiger partial charge on any atom is -0.324 e. The zero-order chi connectivity index (χ0) is 13.7. The molecule has 0 spiro atoms. The topological polar surface area (TPSA) is 26.0 Å².